The Balaban J connectivity index is 2.40. The first-order valence-electron chi connectivity index (χ1n) is 5.96. The van der Waals surface area contributed by atoms with Crippen LogP contribution in [0.15, 0.2) is 42.5 Å². The molecule has 0 aliphatic carbocycles. The summed E-state index contributed by atoms with van der Waals surface area (Å²) in [5.41, 5.74) is -2.25. The van der Waals surface area contributed by atoms with Crippen molar-refractivity contribution in [1.29, 1.82) is 0 Å². The molecule has 7 nitrogen and oxygen atoms in total. The number of nitro groups is 2. The van der Waals surface area contributed by atoms with Crippen molar-refractivity contribution in [2.24, 2.45) is 0 Å². The first-order valence-corrected chi connectivity index (χ1v) is 5.96. The van der Waals surface area contributed by atoms with Gasteiger partial charge in [-0.1, -0.05) is 6.07 Å². The second-order valence-electron chi connectivity index (χ2n) is 4.29. The normalized spacial score (nSPS) is 11.1. The van der Waals surface area contributed by atoms with E-state index in [1.165, 1.54) is 6.07 Å². The number of hydrogen-bond donors (Lipinski definition) is 0. The zero-order valence-corrected chi connectivity index (χ0v) is 11.1. The van der Waals surface area contributed by atoms with Crippen molar-refractivity contribution in [3.63, 3.8) is 0 Å². The van der Waals surface area contributed by atoms with Crippen LogP contribution in [0, 0.1) is 20.2 Å². The van der Waals surface area contributed by atoms with Crippen LogP contribution in [0.1, 0.15) is 5.56 Å². The fourth-order valence-electron chi connectivity index (χ4n) is 1.71. The smallest absolute Gasteiger partial charge is 0.416 e. The van der Waals surface area contributed by atoms with Crippen molar-refractivity contribution in [3.05, 3.63) is 68.3 Å². The van der Waals surface area contributed by atoms with Crippen molar-refractivity contribution in [2.45, 2.75) is 6.18 Å². The third kappa shape index (κ3) is 3.73. The van der Waals surface area contributed by atoms with E-state index in [9.17, 15) is 33.4 Å². The van der Waals surface area contributed by atoms with Crippen molar-refractivity contribution in [2.75, 3.05) is 0 Å². The van der Waals surface area contributed by atoms with E-state index in [-0.39, 0.29) is 5.75 Å². The van der Waals surface area contributed by atoms with Gasteiger partial charge in [0.05, 0.1) is 21.5 Å². The minimum Gasteiger partial charge on any atom is -0.450 e. The molecule has 10 heteroatoms. The Kier molecular flexibility index (Phi) is 4.16. The molecule has 23 heavy (non-hydrogen) atoms. The van der Waals surface area contributed by atoms with Crippen LogP contribution < -0.4 is 4.74 Å². The number of benzene rings is 2. The third-order valence-electron chi connectivity index (χ3n) is 2.74. The molecule has 0 amide bonds. The molecule has 2 aromatic rings. The van der Waals surface area contributed by atoms with Gasteiger partial charge in [0, 0.05) is 6.07 Å². The minimum absolute atomic E-state index is 0.281. The number of ether oxygens (including phenoxy) is 1. The first-order chi connectivity index (χ1) is 10.7. The van der Waals surface area contributed by atoms with Gasteiger partial charge in [0.2, 0.25) is 5.75 Å². The highest BCUT2D eigenvalue weighted by Gasteiger charge is 2.31. The Morgan fingerprint density at radius 1 is 0.957 bits per heavy atom. The zero-order valence-electron chi connectivity index (χ0n) is 11.1. The average Bonchev–Trinajstić information content (AvgIpc) is 2.46. The predicted molar refractivity (Wildman–Crippen MR) is 71.3 cm³/mol. The third-order valence-corrected chi connectivity index (χ3v) is 2.74. The number of halogens is 3. The van der Waals surface area contributed by atoms with Crippen LogP contribution in [-0.2, 0) is 6.18 Å². The average molecular weight is 328 g/mol. The van der Waals surface area contributed by atoms with E-state index >= 15 is 0 Å². The molecular formula is C13H7F3N2O5. The van der Waals surface area contributed by atoms with Crippen LogP contribution in [-0.4, -0.2) is 9.85 Å². The van der Waals surface area contributed by atoms with Crippen LogP contribution in [0.25, 0.3) is 0 Å². The van der Waals surface area contributed by atoms with Crippen molar-refractivity contribution in [1.82, 2.24) is 0 Å². The summed E-state index contributed by atoms with van der Waals surface area (Å²) in [5, 5.41) is 21.6. The molecule has 0 spiro atoms. The summed E-state index contributed by atoms with van der Waals surface area (Å²) in [6.07, 6.45) is -4.60. The van der Waals surface area contributed by atoms with Crippen molar-refractivity contribution in [3.8, 4) is 11.5 Å². The van der Waals surface area contributed by atoms with Crippen molar-refractivity contribution < 1.29 is 27.8 Å². The molecule has 0 atom stereocenters. The van der Waals surface area contributed by atoms with Gasteiger partial charge in [0.1, 0.15) is 5.75 Å². The van der Waals surface area contributed by atoms with Crippen LogP contribution >= 0.6 is 0 Å². The molecule has 0 saturated heterocycles. The van der Waals surface area contributed by atoms with E-state index < -0.39 is 38.7 Å². The molecule has 0 aliphatic rings. The van der Waals surface area contributed by atoms with E-state index in [1.807, 2.05) is 0 Å². The van der Waals surface area contributed by atoms with E-state index in [0.29, 0.717) is 12.1 Å². The molecule has 2 rings (SSSR count). The maximum absolute atomic E-state index is 12.6. The molecular weight excluding hydrogens is 321 g/mol. The standard InChI is InChI=1S/C13H7F3N2O5/c14-13(15,16)8-2-1-3-10(6-8)23-12-5-4-9(17(19)20)7-11(12)18(21)22/h1-7H. The Hall–Kier alpha value is -3.17. The molecule has 0 aromatic heterocycles. The molecule has 0 heterocycles. The van der Waals surface area contributed by atoms with Crippen LogP contribution in [0.2, 0.25) is 0 Å². The molecule has 0 fully saturated rings. The van der Waals surface area contributed by atoms with Gasteiger partial charge in [-0.15, -0.1) is 0 Å². The van der Waals surface area contributed by atoms with Gasteiger partial charge in [-0.25, -0.2) is 0 Å². The Morgan fingerprint density at radius 2 is 1.65 bits per heavy atom. The maximum atomic E-state index is 12.6. The molecule has 0 saturated carbocycles. The van der Waals surface area contributed by atoms with E-state index in [4.69, 9.17) is 4.74 Å². The summed E-state index contributed by atoms with van der Waals surface area (Å²) < 4.78 is 42.9. The van der Waals surface area contributed by atoms with Crippen LogP contribution in [0.5, 0.6) is 11.5 Å². The van der Waals surface area contributed by atoms with Gasteiger partial charge < -0.3 is 4.74 Å². The van der Waals surface area contributed by atoms with Crippen LogP contribution in [0.4, 0.5) is 24.5 Å². The summed E-state index contributed by atoms with van der Waals surface area (Å²) >= 11 is 0. The summed E-state index contributed by atoms with van der Waals surface area (Å²) in [6.45, 7) is 0. The second-order valence-corrected chi connectivity index (χ2v) is 4.29. The monoisotopic (exact) mass is 328 g/mol. The maximum Gasteiger partial charge on any atom is 0.416 e. The quantitative estimate of drug-likeness (QED) is 0.615. The highest BCUT2D eigenvalue weighted by atomic mass is 19.4. The second kappa shape index (κ2) is 5.91. The number of alkyl halides is 3. The van der Waals surface area contributed by atoms with Gasteiger partial charge in [-0.05, 0) is 24.3 Å². The lowest BCUT2D eigenvalue weighted by molar-refractivity contribution is -0.394. The highest BCUT2D eigenvalue weighted by Crippen LogP contribution is 2.36. The zero-order chi connectivity index (χ0) is 17.2. The fraction of sp³-hybridized carbons (Fsp3) is 0.0769. The van der Waals surface area contributed by atoms with Gasteiger partial charge >= 0.3 is 11.9 Å². The number of nitro benzene ring substituents is 2. The van der Waals surface area contributed by atoms with Crippen LogP contribution in [0.3, 0.4) is 0 Å². The Bertz CT molecular complexity index is 776. The van der Waals surface area contributed by atoms with E-state index in [2.05, 4.69) is 0 Å². The molecule has 0 radical (unpaired) electrons. The molecule has 0 aliphatic heterocycles. The topological polar surface area (TPSA) is 95.5 Å². The van der Waals surface area contributed by atoms with Gasteiger partial charge in [0.15, 0.2) is 0 Å². The lowest BCUT2D eigenvalue weighted by Crippen LogP contribution is -2.04. The molecule has 0 unspecified atom stereocenters. The van der Waals surface area contributed by atoms with E-state index in [1.54, 1.807) is 0 Å². The number of nitrogens with zero attached hydrogens (tertiary/aromatic N) is 2. The van der Waals surface area contributed by atoms with E-state index in [0.717, 1.165) is 24.3 Å². The predicted octanol–water partition coefficient (Wildman–Crippen LogP) is 4.31. The number of hydrogen-bond acceptors (Lipinski definition) is 5. The summed E-state index contributed by atoms with van der Waals surface area (Å²) in [5.74, 6) is -0.684. The minimum atomic E-state index is -4.60. The first kappa shape index (κ1) is 16.2. The largest absolute Gasteiger partial charge is 0.450 e. The van der Waals surface area contributed by atoms with Gasteiger partial charge in [-0.2, -0.15) is 13.2 Å². The number of rotatable bonds is 4. The molecule has 120 valence electrons. The highest BCUT2D eigenvalue weighted by molar-refractivity contribution is 5.55. The van der Waals surface area contributed by atoms with Crippen molar-refractivity contribution >= 4 is 11.4 Å². The van der Waals surface area contributed by atoms with Gasteiger partial charge in [-0.3, -0.25) is 20.2 Å². The molecule has 0 bridgehead atoms. The summed E-state index contributed by atoms with van der Waals surface area (Å²) in [4.78, 5) is 19.8. The summed E-state index contributed by atoms with van der Waals surface area (Å²) in [7, 11) is 0. The van der Waals surface area contributed by atoms with Gasteiger partial charge in [0.25, 0.3) is 5.69 Å². The SMILES string of the molecule is O=[N+]([O-])c1ccc(Oc2cccc(C(F)(F)F)c2)c([N+](=O)[O-])c1. The number of non-ortho nitro benzene ring substituents is 1. The molecule has 2 aromatic carbocycles. The fourth-order valence-corrected chi connectivity index (χ4v) is 1.71. The lowest BCUT2D eigenvalue weighted by atomic mass is 10.2. The Morgan fingerprint density at radius 3 is 2.22 bits per heavy atom. The Labute approximate surface area is 126 Å². The lowest BCUT2D eigenvalue weighted by Gasteiger charge is -2.10. The molecule has 0 N–H and O–H groups in total. The summed E-state index contributed by atoms with van der Waals surface area (Å²) in [6, 6.07) is 6.33.